The highest BCUT2D eigenvalue weighted by Crippen LogP contribution is 2.29. The normalized spacial score (nSPS) is 11.6. The van der Waals surface area contributed by atoms with Crippen molar-refractivity contribution in [3.8, 4) is 0 Å². The van der Waals surface area contributed by atoms with Gasteiger partial charge in [0.15, 0.2) is 6.61 Å². The second-order valence-electron chi connectivity index (χ2n) is 4.85. The first-order chi connectivity index (χ1) is 11.9. The Balaban J connectivity index is 2.03. The number of halogens is 2. The summed E-state index contributed by atoms with van der Waals surface area (Å²) in [6.45, 7) is 1.23. The van der Waals surface area contributed by atoms with Crippen molar-refractivity contribution in [3.05, 3.63) is 58.1 Å². The van der Waals surface area contributed by atoms with E-state index in [4.69, 9.17) is 27.9 Å². The summed E-state index contributed by atoms with van der Waals surface area (Å²) in [6, 6.07) is 11.2. The Morgan fingerprint density at radius 1 is 1.08 bits per heavy atom. The molecule has 0 aliphatic carbocycles. The molecule has 8 heteroatoms. The number of ether oxygens (including phenoxy) is 1. The van der Waals surface area contributed by atoms with E-state index in [0.717, 1.165) is 0 Å². The van der Waals surface area contributed by atoms with Crippen LogP contribution < -0.4 is 5.32 Å². The van der Waals surface area contributed by atoms with Crippen LogP contribution in [0, 0.1) is 0 Å². The monoisotopic (exact) mass is 399 g/mol. The number of esters is 1. The van der Waals surface area contributed by atoms with Crippen LogP contribution in [0.5, 0.6) is 0 Å². The van der Waals surface area contributed by atoms with Crippen molar-refractivity contribution < 1.29 is 18.5 Å². The van der Waals surface area contributed by atoms with Gasteiger partial charge >= 0.3 is 5.97 Å². The number of rotatable bonds is 6. The Kier molecular flexibility index (Phi) is 6.99. The van der Waals surface area contributed by atoms with Crippen molar-refractivity contribution in [1.29, 1.82) is 0 Å². The molecule has 0 aliphatic heterocycles. The molecule has 1 N–H and O–H groups in total. The lowest BCUT2D eigenvalue weighted by atomic mass is 10.2. The fraction of sp³-hybridized carbons (Fsp3) is 0.176. The summed E-state index contributed by atoms with van der Waals surface area (Å²) >= 11 is 11.9. The Hall–Kier alpha value is -1.89. The Bertz CT molecular complexity index is 806. The average molecular weight is 400 g/mol. The van der Waals surface area contributed by atoms with E-state index >= 15 is 0 Å². The molecule has 0 spiro atoms. The van der Waals surface area contributed by atoms with Gasteiger partial charge in [-0.2, -0.15) is 0 Å². The van der Waals surface area contributed by atoms with Crippen LogP contribution in [0.4, 0.5) is 5.69 Å². The highest BCUT2D eigenvalue weighted by Gasteiger charge is 2.17. The topological polar surface area (TPSA) is 72.5 Å². The largest absolute Gasteiger partial charge is 0.452 e. The fourth-order valence-corrected chi connectivity index (χ4v) is 3.42. The molecule has 1 atom stereocenters. The maximum Gasteiger partial charge on any atom is 0.339 e. The van der Waals surface area contributed by atoms with Gasteiger partial charge < -0.3 is 10.1 Å². The van der Waals surface area contributed by atoms with E-state index in [9.17, 15) is 13.8 Å². The molecule has 0 saturated carbocycles. The molecule has 2 aromatic rings. The van der Waals surface area contributed by atoms with Gasteiger partial charge in [0.25, 0.3) is 5.91 Å². The average Bonchev–Trinajstić information content (AvgIpc) is 2.62. The third kappa shape index (κ3) is 5.04. The van der Waals surface area contributed by atoms with Crippen molar-refractivity contribution in [2.45, 2.75) is 11.8 Å². The van der Waals surface area contributed by atoms with E-state index < -0.39 is 29.3 Å². The lowest BCUT2D eigenvalue weighted by Gasteiger charge is -2.11. The summed E-state index contributed by atoms with van der Waals surface area (Å²) in [5, 5.41) is 3.04. The highest BCUT2D eigenvalue weighted by molar-refractivity contribution is 7.85. The van der Waals surface area contributed by atoms with E-state index in [0.29, 0.717) is 10.6 Å². The number of hydrogen-bond acceptors (Lipinski definition) is 4. The van der Waals surface area contributed by atoms with Gasteiger partial charge in [-0.25, -0.2) is 4.79 Å². The maximum atomic E-state index is 12.2. The molecular formula is C17H15Cl2NO4S. The zero-order chi connectivity index (χ0) is 18.4. The molecule has 2 rings (SSSR count). The molecule has 25 heavy (non-hydrogen) atoms. The van der Waals surface area contributed by atoms with Crippen molar-refractivity contribution in [3.63, 3.8) is 0 Å². The lowest BCUT2D eigenvalue weighted by molar-refractivity contribution is -0.119. The number of anilines is 1. The van der Waals surface area contributed by atoms with Gasteiger partial charge in [0.1, 0.15) is 0 Å². The van der Waals surface area contributed by atoms with Gasteiger partial charge in [0, 0.05) is 5.75 Å². The van der Waals surface area contributed by atoms with E-state index in [1.165, 1.54) is 6.07 Å². The number of carbonyl (C=O) groups is 2. The number of para-hydroxylation sites is 1. The number of amides is 1. The summed E-state index contributed by atoms with van der Waals surface area (Å²) in [6.07, 6.45) is 0. The van der Waals surface area contributed by atoms with Crippen LogP contribution in [-0.4, -0.2) is 28.4 Å². The zero-order valence-electron chi connectivity index (χ0n) is 13.3. The third-order valence-electron chi connectivity index (χ3n) is 3.18. The second-order valence-corrected chi connectivity index (χ2v) is 7.37. The highest BCUT2D eigenvalue weighted by atomic mass is 35.5. The van der Waals surface area contributed by atoms with E-state index in [1.54, 1.807) is 43.3 Å². The zero-order valence-corrected chi connectivity index (χ0v) is 15.6. The minimum atomic E-state index is -1.31. The van der Waals surface area contributed by atoms with Crippen LogP contribution in [0.2, 0.25) is 10.0 Å². The molecular weight excluding hydrogens is 385 g/mol. The van der Waals surface area contributed by atoms with Gasteiger partial charge in [-0.1, -0.05) is 48.3 Å². The summed E-state index contributed by atoms with van der Waals surface area (Å²) in [4.78, 5) is 24.5. The number of nitrogens with one attached hydrogen (secondary N) is 1. The molecule has 0 radical (unpaired) electrons. The summed E-state index contributed by atoms with van der Waals surface area (Å²) in [7, 11) is -1.31. The van der Waals surface area contributed by atoms with Gasteiger partial charge in [-0.05, 0) is 24.3 Å². The van der Waals surface area contributed by atoms with E-state index in [-0.39, 0.29) is 21.3 Å². The first kappa shape index (κ1) is 19.4. The molecule has 2 aromatic carbocycles. The van der Waals surface area contributed by atoms with Gasteiger partial charge in [0.05, 0.1) is 37.0 Å². The molecule has 132 valence electrons. The first-order valence-electron chi connectivity index (χ1n) is 7.32. The standard InChI is InChI=1S/C17H15Cl2NO4S/c1-2-25(23)14-9-4-3-6-11(14)17(22)24-10-15(21)20-16-12(18)7-5-8-13(16)19/h3-9H,2,10H2,1H3,(H,20,21)/t25-/m0/s1. The predicted octanol–water partition coefficient (Wildman–Crippen LogP) is 3.92. The molecule has 0 unspecified atom stereocenters. The minimum absolute atomic E-state index is 0.172. The molecule has 5 nitrogen and oxygen atoms in total. The van der Waals surface area contributed by atoms with Crippen molar-refractivity contribution in [1.82, 2.24) is 0 Å². The predicted molar refractivity (Wildman–Crippen MR) is 98.8 cm³/mol. The van der Waals surface area contributed by atoms with Crippen LogP contribution in [0.15, 0.2) is 47.4 Å². The Morgan fingerprint density at radius 3 is 2.36 bits per heavy atom. The van der Waals surface area contributed by atoms with Gasteiger partial charge in [0.2, 0.25) is 0 Å². The van der Waals surface area contributed by atoms with Crippen LogP contribution in [-0.2, 0) is 20.3 Å². The van der Waals surface area contributed by atoms with Crippen molar-refractivity contribution in [2.75, 3.05) is 17.7 Å². The number of benzene rings is 2. The molecule has 0 fully saturated rings. The molecule has 1 amide bonds. The Labute approximate surface area is 157 Å². The minimum Gasteiger partial charge on any atom is -0.452 e. The summed E-state index contributed by atoms with van der Waals surface area (Å²) in [5.74, 6) is -0.939. The van der Waals surface area contributed by atoms with Crippen LogP contribution in [0.1, 0.15) is 17.3 Å². The third-order valence-corrected chi connectivity index (χ3v) is 5.18. The molecule has 0 aromatic heterocycles. The number of hydrogen-bond donors (Lipinski definition) is 1. The molecule has 0 bridgehead atoms. The van der Waals surface area contributed by atoms with Crippen LogP contribution >= 0.6 is 23.2 Å². The smallest absolute Gasteiger partial charge is 0.339 e. The van der Waals surface area contributed by atoms with E-state index in [2.05, 4.69) is 5.32 Å². The number of carbonyl (C=O) groups excluding carboxylic acids is 2. The van der Waals surface area contributed by atoms with Crippen LogP contribution in [0.3, 0.4) is 0 Å². The lowest BCUT2D eigenvalue weighted by Crippen LogP contribution is -2.22. The summed E-state index contributed by atoms with van der Waals surface area (Å²) < 4.78 is 17.0. The van der Waals surface area contributed by atoms with Crippen molar-refractivity contribution in [2.24, 2.45) is 0 Å². The van der Waals surface area contributed by atoms with Crippen LogP contribution in [0.25, 0.3) is 0 Å². The first-order valence-corrected chi connectivity index (χ1v) is 9.40. The second kappa shape index (κ2) is 8.99. The quantitative estimate of drug-likeness (QED) is 0.747. The van der Waals surface area contributed by atoms with Crippen molar-refractivity contribution >= 4 is 51.6 Å². The van der Waals surface area contributed by atoms with Gasteiger partial charge in [-0.3, -0.25) is 9.00 Å². The molecule has 0 aliphatic rings. The van der Waals surface area contributed by atoms with Gasteiger partial charge in [-0.15, -0.1) is 0 Å². The maximum absolute atomic E-state index is 12.2. The summed E-state index contributed by atoms with van der Waals surface area (Å²) in [5.41, 5.74) is 0.422. The molecule has 0 saturated heterocycles. The Morgan fingerprint density at radius 2 is 1.72 bits per heavy atom. The fourth-order valence-electron chi connectivity index (χ4n) is 1.99. The SMILES string of the molecule is CC[S@](=O)c1ccccc1C(=O)OCC(=O)Nc1c(Cl)cccc1Cl. The molecule has 0 heterocycles. The van der Waals surface area contributed by atoms with E-state index in [1.807, 2.05) is 0 Å².